The number of aliphatic imine (C=N–C) groups is 1. The minimum Gasteiger partial charge on any atom is -0.369 e. The monoisotopic (exact) mass is 659 g/mol. The molecule has 2 aliphatic rings. The third kappa shape index (κ3) is 8.83. The van der Waals surface area contributed by atoms with Crippen LogP contribution in [0.5, 0.6) is 0 Å². The summed E-state index contributed by atoms with van der Waals surface area (Å²) in [5.74, 6) is 0. The third-order valence-electron chi connectivity index (χ3n) is 9.79. The Morgan fingerprint density at radius 3 is 2.00 bits per heavy atom. The van der Waals surface area contributed by atoms with Crippen molar-refractivity contribution in [2.45, 2.75) is 39.3 Å². The molecule has 1 unspecified atom stereocenters. The lowest BCUT2D eigenvalue weighted by atomic mass is 9.95. The van der Waals surface area contributed by atoms with Crippen LogP contribution in [0.3, 0.4) is 0 Å². The fourth-order valence-electron chi connectivity index (χ4n) is 7.08. The van der Waals surface area contributed by atoms with E-state index in [1.54, 1.807) is 0 Å². The molecule has 0 aliphatic carbocycles. The van der Waals surface area contributed by atoms with Crippen LogP contribution in [0, 0.1) is 6.92 Å². The van der Waals surface area contributed by atoms with Crippen molar-refractivity contribution >= 4 is 28.7 Å². The molecule has 6 rings (SSSR count). The van der Waals surface area contributed by atoms with Crippen LogP contribution < -0.4 is 0 Å². The molecule has 0 bridgehead atoms. The van der Waals surface area contributed by atoms with Crippen LogP contribution in [0.2, 0.25) is 5.02 Å². The summed E-state index contributed by atoms with van der Waals surface area (Å²) >= 11 is 6.28. The van der Waals surface area contributed by atoms with Crippen LogP contribution in [0.15, 0.2) is 115 Å². The van der Waals surface area contributed by atoms with Gasteiger partial charge in [0.1, 0.15) is 0 Å². The van der Waals surface area contributed by atoms with Gasteiger partial charge in [0, 0.05) is 87.4 Å². The van der Waals surface area contributed by atoms with Crippen molar-refractivity contribution in [1.29, 1.82) is 0 Å². The molecular formula is C42H50ClN5. The van der Waals surface area contributed by atoms with Gasteiger partial charge in [-0.05, 0) is 48.2 Å². The van der Waals surface area contributed by atoms with E-state index in [4.69, 9.17) is 16.6 Å². The standard InChI is InChI=1S/C42H50ClN5/c1-4-10-39(32-46-25-29-48(30-26-46)42(36-17-15-33(2)16-18-36)37-19-21-38(43)22-20-37)44-41-14-9-8-13-40(41)34(3)47-27-23-45(24-28-47)31-35-11-6-5-7-12-35/h5-9,11-22,42H,3-4,10,23-32H2,1-2H3. The van der Waals surface area contributed by atoms with Gasteiger partial charge < -0.3 is 4.90 Å². The maximum Gasteiger partial charge on any atom is 0.0722 e. The first-order valence-corrected chi connectivity index (χ1v) is 18.0. The summed E-state index contributed by atoms with van der Waals surface area (Å²) in [6.07, 6.45) is 2.08. The highest BCUT2D eigenvalue weighted by Gasteiger charge is 2.27. The van der Waals surface area contributed by atoms with Gasteiger partial charge in [0.25, 0.3) is 0 Å². The molecule has 0 saturated carbocycles. The summed E-state index contributed by atoms with van der Waals surface area (Å²) in [4.78, 5) is 15.5. The maximum atomic E-state index is 6.28. The fraction of sp³-hybridized carbons (Fsp3) is 0.357. The molecule has 2 aliphatic heterocycles. The fourth-order valence-corrected chi connectivity index (χ4v) is 7.20. The Kier molecular flexibility index (Phi) is 11.8. The minimum absolute atomic E-state index is 0.215. The SMILES string of the molecule is C=C(c1ccccc1N=C(CCC)CN1CCN(C(c2ccc(C)cc2)c2ccc(Cl)cc2)CC1)N1CCN(Cc2ccccc2)CC1. The number of halogens is 1. The number of benzene rings is 4. The van der Waals surface area contributed by atoms with Crippen molar-refractivity contribution in [3.05, 3.63) is 143 Å². The largest absolute Gasteiger partial charge is 0.369 e. The Bertz CT molecular complexity index is 1590. The quantitative estimate of drug-likeness (QED) is 0.142. The number of para-hydroxylation sites is 1. The zero-order valence-corrected chi connectivity index (χ0v) is 29.5. The number of aryl methyl sites for hydroxylation is 1. The summed E-state index contributed by atoms with van der Waals surface area (Å²) in [5, 5.41) is 0.778. The van der Waals surface area contributed by atoms with Crippen molar-refractivity contribution in [2.24, 2.45) is 4.99 Å². The van der Waals surface area contributed by atoms with Gasteiger partial charge >= 0.3 is 0 Å². The van der Waals surface area contributed by atoms with E-state index in [9.17, 15) is 0 Å². The van der Waals surface area contributed by atoms with Gasteiger partial charge in [-0.3, -0.25) is 19.7 Å². The molecular weight excluding hydrogens is 610 g/mol. The molecule has 2 heterocycles. The third-order valence-corrected chi connectivity index (χ3v) is 10.0. The van der Waals surface area contributed by atoms with Crippen LogP contribution in [-0.2, 0) is 6.54 Å². The molecule has 6 heteroatoms. The zero-order valence-electron chi connectivity index (χ0n) is 28.7. The lowest BCUT2D eigenvalue weighted by molar-refractivity contribution is 0.120. The Hall–Kier alpha value is -3.74. The van der Waals surface area contributed by atoms with Crippen molar-refractivity contribution in [3.63, 3.8) is 0 Å². The summed E-state index contributed by atoms with van der Waals surface area (Å²) in [5.41, 5.74) is 9.82. The summed E-state index contributed by atoms with van der Waals surface area (Å²) < 4.78 is 0. The van der Waals surface area contributed by atoms with Crippen molar-refractivity contribution in [1.82, 2.24) is 19.6 Å². The van der Waals surface area contributed by atoms with Gasteiger partial charge in [0.15, 0.2) is 0 Å². The van der Waals surface area contributed by atoms with Crippen LogP contribution in [0.4, 0.5) is 5.69 Å². The highest BCUT2D eigenvalue weighted by Crippen LogP contribution is 2.32. The average molecular weight is 660 g/mol. The second kappa shape index (κ2) is 16.6. The molecule has 4 aromatic carbocycles. The smallest absolute Gasteiger partial charge is 0.0722 e. The molecule has 4 aromatic rings. The predicted octanol–water partition coefficient (Wildman–Crippen LogP) is 8.72. The van der Waals surface area contributed by atoms with Gasteiger partial charge in [-0.2, -0.15) is 0 Å². The molecule has 0 aromatic heterocycles. The van der Waals surface area contributed by atoms with E-state index in [0.29, 0.717) is 0 Å². The number of rotatable bonds is 12. The van der Waals surface area contributed by atoms with Gasteiger partial charge in [0.2, 0.25) is 0 Å². The van der Waals surface area contributed by atoms with Crippen molar-refractivity contribution in [3.8, 4) is 0 Å². The molecule has 250 valence electrons. The van der Waals surface area contributed by atoms with E-state index in [0.717, 1.165) is 100 Å². The van der Waals surface area contributed by atoms with Gasteiger partial charge in [0.05, 0.1) is 11.7 Å². The van der Waals surface area contributed by atoms with Crippen LogP contribution in [0.25, 0.3) is 5.70 Å². The zero-order chi connectivity index (χ0) is 33.3. The Labute approximate surface area is 293 Å². The maximum absolute atomic E-state index is 6.28. The first kappa shape index (κ1) is 34.1. The Morgan fingerprint density at radius 1 is 0.729 bits per heavy atom. The van der Waals surface area contributed by atoms with E-state index in [1.165, 1.54) is 28.0 Å². The van der Waals surface area contributed by atoms with Crippen molar-refractivity contribution < 1.29 is 0 Å². The molecule has 0 radical (unpaired) electrons. The lowest BCUT2D eigenvalue weighted by Crippen LogP contribution is -2.49. The second-order valence-corrected chi connectivity index (χ2v) is 13.8. The van der Waals surface area contributed by atoms with E-state index in [-0.39, 0.29) is 6.04 Å². The van der Waals surface area contributed by atoms with E-state index in [2.05, 4.69) is 131 Å². The normalized spacial score (nSPS) is 17.4. The molecule has 0 N–H and O–H groups in total. The number of hydrogen-bond donors (Lipinski definition) is 0. The molecule has 2 fully saturated rings. The number of piperazine rings is 2. The van der Waals surface area contributed by atoms with Gasteiger partial charge in [-0.25, -0.2) is 0 Å². The topological polar surface area (TPSA) is 25.3 Å². The Balaban J connectivity index is 1.10. The molecule has 0 amide bonds. The highest BCUT2D eigenvalue weighted by molar-refractivity contribution is 6.30. The highest BCUT2D eigenvalue weighted by atomic mass is 35.5. The van der Waals surface area contributed by atoms with Crippen LogP contribution in [0.1, 0.15) is 53.6 Å². The molecule has 2 saturated heterocycles. The van der Waals surface area contributed by atoms with Crippen molar-refractivity contribution in [2.75, 3.05) is 58.9 Å². The predicted molar refractivity (Wildman–Crippen MR) is 203 cm³/mol. The van der Waals surface area contributed by atoms with Crippen LogP contribution in [-0.4, -0.2) is 84.2 Å². The second-order valence-electron chi connectivity index (χ2n) is 13.3. The molecule has 0 spiro atoms. The summed E-state index contributed by atoms with van der Waals surface area (Å²) in [6.45, 7) is 19.0. The minimum atomic E-state index is 0.215. The summed E-state index contributed by atoms with van der Waals surface area (Å²) in [7, 11) is 0. The first-order chi connectivity index (χ1) is 23.5. The van der Waals surface area contributed by atoms with Crippen LogP contribution >= 0.6 is 11.6 Å². The Morgan fingerprint density at radius 2 is 1.33 bits per heavy atom. The van der Waals surface area contributed by atoms with E-state index < -0.39 is 0 Å². The lowest BCUT2D eigenvalue weighted by Gasteiger charge is -2.40. The molecule has 1 atom stereocenters. The average Bonchev–Trinajstić information content (AvgIpc) is 3.11. The summed E-state index contributed by atoms with van der Waals surface area (Å²) in [6, 6.07) is 37.0. The van der Waals surface area contributed by atoms with Gasteiger partial charge in [-0.1, -0.05) is 122 Å². The van der Waals surface area contributed by atoms with E-state index >= 15 is 0 Å². The number of nitrogens with zero attached hydrogens (tertiary/aromatic N) is 5. The first-order valence-electron chi connectivity index (χ1n) is 17.6. The molecule has 5 nitrogen and oxygen atoms in total. The van der Waals surface area contributed by atoms with Gasteiger partial charge in [-0.15, -0.1) is 0 Å². The molecule has 48 heavy (non-hydrogen) atoms. The van der Waals surface area contributed by atoms with E-state index in [1.807, 2.05) is 12.1 Å². The number of hydrogen-bond acceptors (Lipinski definition) is 5.